The van der Waals surface area contributed by atoms with Gasteiger partial charge in [0.2, 0.25) is 0 Å². The Bertz CT molecular complexity index is 461. The van der Waals surface area contributed by atoms with Gasteiger partial charge in [-0.05, 0) is 74.3 Å². The molecule has 3 rings (SSSR count). The van der Waals surface area contributed by atoms with Gasteiger partial charge in [0.15, 0.2) is 0 Å². The molecule has 1 aromatic rings. The molecular weight excluding hydrogens is 290 g/mol. The van der Waals surface area contributed by atoms with Crippen molar-refractivity contribution in [2.24, 2.45) is 17.8 Å². The molecule has 0 spiro atoms. The lowest BCUT2D eigenvalue weighted by atomic mass is 9.68. The van der Waals surface area contributed by atoms with E-state index in [1.165, 1.54) is 88.3 Å². The first-order chi connectivity index (χ1) is 11.8. The van der Waals surface area contributed by atoms with Crippen LogP contribution in [0, 0.1) is 17.8 Å². The number of aryl methyl sites for hydroxylation is 1. The standard InChI is InChI=1S/C23H37N/c1-3-5-18-7-10-20(11-8-18)21-12-14-22(15-13-21)23-16-9-19(6-4-2)17-24-23/h9,16-18,20-22H,3-8,10-15H2,1-2H3. The van der Waals surface area contributed by atoms with Gasteiger partial charge in [-0.15, -0.1) is 0 Å². The first kappa shape index (κ1) is 18.0. The summed E-state index contributed by atoms with van der Waals surface area (Å²) in [4.78, 5) is 4.79. The molecule has 0 saturated heterocycles. The van der Waals surface area contributed by atoms with Gasteiger partial charge >= 0.3 is 0 Å². The second-order valence-electron chi connectivity index (χ2n) is 8.52. The van der Waals surface area contributed by atoms with Gasteiger partial charge in [-0.3, -0.25) is 4.98 Å². The van der Waals surface area contributed by atoms with E-state index in [9.17, 15) is 0 Å². The fourth-order valence-electron chi connectivity index (χ4n) is 5.36. The summed E-state index contributed by atoms with van der Waals surface area (Å²) in [6.45, 7) is 4.58. The van der Waals surface area contributed by atoms with Crippen LogP contribution in [-0.4, -0.2) is 4.98 Å². The monoisotopic (exact) mass is 327 g/mol. The van der Waals surface area contributed by atoms with Gasteiger partial charge in [0.05, 0.1) is 0 Å². The van der Waals surface area contributed by atoms with Crippen molar-refractivity contribution in [1.82, 2.24) is 4.98 Å². The molecule has 0 N–H and O–H groups in total. The Labute approximate surface area is 149 Å². The van der Waals surface area contributed by atoms with Crippen LogP contribution < -0.4 is 0 Å². The molecule has 2 aliphatic carbocycles. The maximum Gasteiger partial charge on any atom is 0.0434 e. The van der Waals surface area contributed by atoms with E-state index >= 15 is 0 Å². The third-order valence-corrected chi connectivity index (χ3v) is 6.83. The quantitative estimate of drug-likeness (QED) is 0.553. The van der Waals surface area contributed by atoms with Crippen molar-refractivity contribution in [2.75, 3.05) is 0 Å². The van der Waals surface area contributed by atoms with Crippen LogP contribution in [0.5, 0.6) is 0 Å². The predicted octanol–water partition coefficient (Wildman–Crippen LogP) is 6.91. The largest absolute Gasteiger partial charge is 0.261 e. The van der Waals surface area contributed by atoms with E-state index in [2.05, 4.69) is 32.2 Å². The zero-order valence-electron chi connectivity index (χ0n) is 16.0. The summed E-state index contributed by atoms with van der Waals surface area (Å²) in [5.74, 6) is 3.84. The van der Waals surface area contributed by atoms with Crippen molar-refractivity contribution in [1.29, 1.82) is 0 Å². The smallest absolute Gasteiger partial charge is 0.0434 e. The maximum atomic E-state index is 4.79. The van der Waals surface area contributed by atoms with Crippen LogP contribution >= 0.6 is 0 Å². The van der Waals surface area contributed by atoms with Crippen molar-refractivity contribution < 1.29 is 0 Å². The van der Waals surface area contributed by atoms with Crippen LogP contribution in [0.15, 0.2) is 18.3 Å². The van der Waals surface area contributed by atoms with Crippen molar-refractivity contribution in [3.8, 4) is 0 Å². The van der Waals surface area contributed by atoms with Crippen LogP contribution in [-0.2, 0) is 6.42 Å². The third-order valence-electron chi connectivity index (χ3n) is 6.83. The molecule has 24 heavy (non-hydrogen) atoms. The zero-order chi connectivity index (χ0) is 16.8. The van der Waals surface area contributed by atoms with Gasteiger partial charge in [0.25, 0.3) is 0 Å². The summed E-state index contributed by atoms with van der Waals surface area (Å²) < 4.78 is 0. The summed E-state index contributed by atoms with van der Waals surface area (Å²) in [5, 5.41) is 0. The zero-order valence-corrected chi connectivity index (χ0v) is 16.0. The Balaban J connectivity index is 1.45. The lowest BCUT2D eigenvalue weighted by molar-refractivity contribution is 0.156. The van der Waals surface area contributed by atoms with E-state index in [0.717, 1.165) is 23.7 Å². The summed E-state index contributed by atoms with van der Waals surface area (Å²) in [7, 11) is 0. The summed E-state index contributed by atoms with van der Waals surface area (Å²) in [6.07, 6.45) is 19.1. The second kappa shape index (κ2) is 9.02. The van der Waals surface area contributed by atoms with Crippen LogP contribution in [0.25, 0.3) is 0 Å². The fourth-order valence-corrected chi connectivity index (χ4v) is 5.36. The first-order valence-electron chi connectivity index (χ1n) is 10.7. The summed E-state index contributed by atoms with van der Waals surface area (Å²) in [5.41, 5.74) is 2.76. The van der Waals surface area contributed by atoms with Crippen LogP contribution in [0.3, 0.4) is 0 Å². The molecule has 0 radical (unpaired) electrons. The molecule has 1 aromatic heterocycles. The summed E-state index contributed by atoms with van der Waals surface area (Å²) in [6, 6.07) is 4.62. The number of rotatable bonds is 6. The second-order valence-corrected chi connectivity index (χ2v) is 8.52. The number of hydrogen-bond donors (Lipinski definition) is 0. The average Bonchev–Trinajstić information content (AvgIpc) is 2.64. The highest BCUT2D eigenvalue weighted by Gasteiger charge is 2.31. The van der Waals surface area contributed by atoms with E-state index in [0.29, 0.717) is 0 Å². The van der Waals surface area contributed by atoms with Gasteiger partial charge in [-0.25, -0.2) is 0 Å². The molecule has 134 valence electrons. The van der Waals surface area contributed by atoms with Gasteiger partial charge in [-0.2, -0.15) is 0 Å². The molecule has 0 unspecified atom stereocenters. The SMILES string of the molecule is CCCc1ccc(C2CCC(C3CCC(CCC)CC3)CC2)nc1. The van der Waals surface area contributed by atoms with Crippen molar-refractivity contribution in [3.63, 3.8) is 0 Å². The third kappa shape index (κ3) is 4.61. The highest BCUT2D eigenvalue weighted by molar-refractivity contribution is 5.17. The first-order valence-corrected chi connectivity index (χ1v) is 10.7. The Morgan fingerprint density at radius 1 is 0.833 bits per heavy atom. The van der Waals surface area contributed by atoms with Crippen LogP contribution in [0.4, 0.5) is 0 Å². The minimum atomic E-state index is 0.730. The minimum absolute atomic E-state index is 0.730. The molecule has 0 amide bonds. The van der Waals surface area contributed by atoms with E-state index in [1.54, 1.807) is 0 Å². The molecule has 2 fully saturated rings. The molecule has 1 heterocycles. The van der Waals surface area contributed by atoms with Crippen LogP contribution in [0.1, 0.15) is 102 Å². The molecule has 2 aliphatic rings. The fraction of sp³-hybridized carbons (Fsp3) is 0.783. The van der Waals surface area contributed by atoms with E-state index in [1.807, 2.05) is 0 Å². The Morgan fingerprint density at radius 3 is 2.04 bits per heavy atom. The van der Waals surface area contributed by atoms with Crippen LogP contribution in [0.2, 0.25) is 0 Å². The highest BCUT2D eigenvalue weighted by atomic mass is 14.7. The molecule has 2 saturated carbocycles. The van der Waals surface area contributed by atoms with E-state index in [-0.39, 0.29) is 0 Å². The lowest BCUT2D eigenvalue weighted by Crippen LogP contribution is -2.25. The molecule has 1 heteroatoms. The van der Waals surface area contributed by atoms with Crippen molar-refractivity contribution in [2.45, 2.75) is 96.8 Å². The van der Waals surface area contributed by atoms with Gasteiger partial charge < -0.3 is 0 Å². The number of hydrogen-bond acceptors (Lipinski definition) is 1. The Morgan fingerprint density at radius 2 is 1.50 bits per heavy atom. The lowest BCUT2D eigenvalue weighted by Gasteiger charge is -2.37. The topological polar surface area (TPSA) is 12.9 Å². The van der Waals surface area contributed by atoms with E-state index in [4.69, 9.17) is 4.98 Å². The molecular formula is C23H37N. The number of aromatic nitrogens is 1. The van der Waals surface area contributed by atoms with Gasteiger partial charge in [-0.1, -0.05) is 52.0 Å². The predicted molar refractivity (Wildman–Crippen MR) is 103 cm³/mol. The normalized spacial score (nSPS) is 31.1. The average molecular weight is 328 g/mol. The molecule has 1 nitrogen and oxygen atoms in total. The summed E-state index contributed by atoms with van der Waals surface area (Å²) >= 11 is 0. The Kier molecular flexibility index (Phi) is 6.75. The Hall–Kier alpha value is -0.850. The maximum absolute atomic E-state index is 4.79. The van der Waals surface area contributed by atoms with Gasteiger partial charge in [0, 0.05) is 17.8 Å². The van der Waals surface area contributed by atoms with Crippen molar-refractivity contribution >= 4 is 0 Å². The molecule has 0 bridgehead atoms. The molecule has 0 atom stereocenters. The van der Waals surface area contributed by atoms with Gasteiger partial charge in [0.1, 0.15) is 0 Å². The van der Waals surface area contributed by atoms with Crippen molar-refractivity contribution in [3.05, 3.63) is 29.6 Å². The molecule has 0 aliphatic heterocycles. The molecule has 0 aromatic carbocycles. The highest BCUT2D eigenvalue weighted by Crippen LogP contribution is 2.44. The number of pyridine rings is 1. The number of nitrogens with zero attached hydrogens (tertiary/aromatic N) is 1. The minimum Gasteiger partial charge on any atom is -0.261 e. The van der Waals surface area contributed by atoms with E-state index < -0.39 is 0 Å².